The number of benzene rings is 2. The van der Waals surface area contributed by atoms with Gasteiger partial charge in [-0.1, -0.05) is 12.1 Å². The molecule has 2 N–H and O–H groups in total. The highest BCUT2D eigenvalue weighted by atomic mass is 16.6. The van der Waals surface area contributed by atoms with Crippen LogP contribution in [0, 0.1) is 10.1 Å². The molecule has 1 amide bonds. The Bertz CT molecular complexity index is 1170. The maximum absolute atomic E-state index is 12.8. The van der Waals surface area contributed by atoms with Crippen LogP contribution in [0.15, 0.2) is 47.3 Å². The van der Waals surface area contributed by atoms with Crippen molar-refractivity contribution in [1.82, 2.24) is 14.9 Å². The van der Waals surface area contributed by atoms with E-state index in [-0.39, 0.29) is 29.4 Å². The summed E-state index contributed by atoms with van der Waals surface area (Å²) in [5.74, 6) is -0.0621. The lowest BCUT2D eigenvalue weighted by Gasteiger charge is -2.17. The molecule has 1 aliphatic carbocycles. The van der Waals surface area contributed by atoms with Crippen molar-refractivity contribution in [3.8, 4) is 0 Å². The van der Waals surface area contributed by atoms with Crippen LogP contribution in [-0.4, -0.2) is 38.8 Å². The molecule has 9 heteroatoms. The van der Waals surface area contributed by atoms with Gasteiger partial charge in [-0.3, -0.25) is 19.7 Å². The number of anilines is 1. The Kier molecular flexibility index (Phi) is 4.71. The smallest absolute Gasteiger partial charge is 0.293 e. The first-order valence-corrected chi connectivity index (χ1v) is 9.21. The predicted octanol–water partition coefficient (Wildman–Crippen LogP) is 2.68. The molecule has 0 aliphatic heterocycles. The van der Waals surface area contributed by atoms with Crippen molar-refractivity contribution < 1.29 is 9.72 Å². The molecule has 0 bridgehead atoms. The van der Waals surface area contributed by atoms with Gasteiger partial charge in [-0.15, -0.1) is 0 Å². The largest absolute Gasteiger partial charge is 0.377 e. The Morgan fingerprint density at radius 2 is 2.07 bits per heavy atom. The van der Waals surface area contributed by atoms with Gasteiger partial charge in [0.25, 0.3) is 17.2 Å². The first-order chi connectivity index (χ1) is 13.9. The lowest BCUT2D eigenvalue weighted by Crippen LogP contribution is -2.28. The quantitative estimate of drug-likeness (QED) is 0.491. The van der Waals surface area contributed by atoms with Gasteiger partial charge in [-0.2, -0.15) is 0 Å². The molecule has 1 heterocycles. The van der Waals surface area contributed by atoms with Crippen molar-refractivity contribution in [2.45, 2.75) is 25.4 Å². The predicted molar refractivity (Wildman–Crippen MR) is 108 cm³/mol. The maximum atomic E-state index is 12.8. The average molecular weight is 393 g/mol. The number of aromatic amines is 1. The van der Waals surface area contributed by atoms with E-state index in [2.05, 4.69) is 15.3 Å². The summed E-state index contributed by atoms with van der Waals surface area (Å²) < 4.78 is 0. The highest BCUT2D eigenvalue weighted by Gasteiger charge is 2.26. The number of H-pyrrole nitrogens is 1. The van der Waals surface area contributed by atoms with Crippen molar-refractivity contribution in [3.05, 3.63) is 74.3 Å². The molecule has 1 saturated carbocycles. The van der Waals surface area contributed by atoms with E-state index in [1.54, 1.807) is 43.4 Å². The SMILES string of the molecule is CN(Cc1nc2ccccc2c(=O)[nH]1)C(=O)c1ccc(NC2CC2)c([N+](=O)[O-])c1. The Hall–Kier alpha value is -3.75. The summed E-state index contributed by atoms with van der Waals surface area (Å²) in [5.41, 5.74) is 0.741. The molecule has 0 radical (unpaired) electrons. The van der Waals surface area contributed by atoms with Crippen LogP contribution in [-0.2, 0) is 6.54 Å². The fourth-order valence-corrected chi connectivity index (χ4v) is 3.11. The highest BCUT2D eigenvalue weighted by molar-refractivity contribution is 5.95. The fourth-order valence-electron chi connectivity index (χ4n) is 3.11. The van der Waals surface area contributed by atoms with Gasteiger partial charge in [0.05, 0.1) is 22.4 Å². The van der Waals surface area contributed by atoms with Gasteiger partial charge in [-0.05, 0) is 37.1 Å². The normalized spacial score (nSPS) is 13.3. The number of para-hydroxylation sites is 1. The molecule has 2 aromatic carbocycles. The second kappa shape index (κ2) is 7.34. The summed E-state index contributed by atoms with van der Waals surface area (Å²) in [6, 6.07) is 11.6. The number of aromatic nitrogens is 2. The van der Waals surface area contributed by atoms with Gasteiger partial charge < -0.3 is 15.2 Å². The van der Waals surface area contributed by atoms with Crippen molar-refractivity contribution in [3.63, 3.8) is 0 Å². The van der Waals surface area contributed by atoms with Gasteiger partial charge in [0, 0.05) is 24.7 Å². The number of nitrogens with zero attached hydrogens (tertiary/aromatic N) is 3. The monoisotopic (exact) mass is 393 g/mol. The third-order valence-electron chi connectivity index (χ3n) is 4.77. The maximum Gasteiger partial charge on any atom is 0.293 e. The zero-order chi connectivity index (χ0) is 20.5. The summed E-state index contributed by atoms with van der Waals surface area (Å²) in [4.78, 5) is 44.3. The Balaban J connectivity index is 1.57. The van der Waals surface area contributed by atoms with E-state index < -0.39 is 10.8 Å². The molecule has 148 valence electrons. The standard InChI is InChI=1S/C20H19N5O4/c1-24(11-18-22-15-5-3-2-4-14(15)19(26)23-18)20(27)12-6-9-16(21-13-7-8-13)17(10-12)25(28)29/h2-6,9-10,13,21H,7-8,11H2,1H3,(H,22,23,26). The first kappa shape index (κ1) is 18.6. The number of rotatable bonds is 6. The summed E-state index contributed by atoms with van der Waals surface area (Å²) >= 11 is 0. The number of amides is 1. The number of hydrogen-bond acceptors (Lipinski definition) is 6. The van der Waals surface area contributed by atoms with Crippen molar-refractivity contribution >= 4 is 28.2 Å². The second-order valence-electron chi connectivity index (χ2n) is 7.10. The third kappa shape index (κ3) is 3.93. The van der Waals surface area contributed by atoms with Crippen LogP contribution < -0.4 is 10.9 Å². The number of nitro groups is 1. The van der Waals surface area contributed by atoms with E-state index in [4.69, 9.17) is 0 Å². The summed E-state index contributed by atoms with van der Waals surface area (Å²) in [5, 5.41) is 15.0. The van der Waals surface area contributed by atoms with E-state index in [0.717, 1.165) is 12.8 Å². The van der Waals surface area contributed by atoms with E-state index in [0.29, 0.717) is 22.4 Å². The van der Waals surface area contributed by atoms with Gasteiger partial charge in [0.1, 0.15) is 11.5 Å². The van der Waals surface area contributed by atoms with Gasteiger partial charge >= 0.3 is 0 Å². The second-order valence-corrected chi connectivity index (χ2v) is 7.10. The van der Waals surface area contributed by atoms with Crippen LogP contribution in [0.3, 0.4) is 0 Å². The summed E-state index contributed by atoms with van der Waals surface area (Å²) in [6.45, 7) is 0.0643. The minimum atomic E-state index is -0.496. The zero-order valence-corrected chi connectivity index (χ0v) is 15.7. The average Bonchev–Trinajstić information content (AvgIpc) is 3.51. The van der Waals surface area contributed by atoms with Crippen molar-refractivity contribution in [2.24, 2.45) is 0 Å². The van der Waals surface area contributed by atoms with Crippen LogP contribution in [0.5, 0.6) is 0 Å². The molecule has 9 nitrogen and oxygen atoms in total. The molecule has 29 heavy (non-hydrogen) atoms. The Labute approximate surface area is 165 Å². The molecule has 1 aromatic heterocycles. The number of nitrogens with one attached hydrogen (secondary N) is 2. The van der Waals surface area contributed by atoms with Gasteiger partial charge in [-0.25, -0.2) is 4.98 Å². The van der Waals surface area contributed by atoms with Crippen LogP contribution in [0.2, 0.25) is 0 Å². The van der Waals surface area contributed by atoms with Crippen molar-refractivity contribution in [1.29, 1.82) is 0 Å². The molecule has 0 spiro atoms. The topological polar surface area (TPSA) is 121 Å². The minimum Gasteiger partial charge on any atom is -0.377 e. The first-order valence-electron chi connectivity index (χ1n) is 9.21. The molecular formula is C20H19N5O4. The Morgan fingerprint density at radius 1 is 1.31 bits per heavy atom. The fraction of sp³-hybridized carbons (Fsp3) is 0.250. The number of carbonyl (C=O) groups is 1. The number of carbonyl (C=O) groups excluding carboxylic acids is 1. The van der Waals surface area contributed by atoms with E-state index in [1.165, 1.54) is 11.0 Å². The summed E-state index contributed by atoms with van der Waals surface area (Å²) in [6.07, 6.45) is 1.97. The molecule has 0 saturated heterocycles. The molecule has 0 unspecified atom stereocenters. The van der Waals surface area contributed by atoms with Crippen LogP contribution in [0.25, 0.3) is 10.9 Å². The van der Waals surface area contributed by atoms with E-state index in [1.807, 2.05) is 0 Å². The molecule has 1 fully saturated rings. The lowest BCUT2D eigenvalue weighted by atomic mass is 10.1. The van der Waals surface area contributed by atoms with Crippen LogP contribution >= 0.6 is 0 Å². The van der Waals surface area contributed by atoms with Gasteiger partial charge in [0.15, 0.2) is 0 Å². The lowest BCUT2D eigenvalue weighted by molar-refractivity contribution is -0.384. The van der Waals surface area contributed by atoms with E-state index >= 15 is 0 Å². The highest BCUT2D eigenvalue weighted by Crippen LogP contribution is 2.31. The molecule has 0 atom stereocenters. The van der Waals surface area contributed by atoms with Crippen molar-refractivity contribution in [2.75, 3.05) is 12.4 Å². The summed E-state index contributed by atoms with van der Waals surface area (Å²) in [7, 11) is 1.56. The van der Waals surface area contributed by atoms with Gasteiger partial charge in [0.2, 0.25) is 0 Å². The Morgan fingerprint density at radius 3 is 2.79 bits per heavy atom. The zero-order valence-electron chi connectivity index (χ0n) is 15.7. The number of nitro benzene ring substituents is 1. The van der Waals surface area contributed by atoms with Crippen LogP contribution in [0.1, 0.15) is 29.0 Å². The molecular weight excluding hydrogens is 374 g/mol. The third-order valence-corrected chi connectivity index (χ3v) is 4.77. The molecule has 1 aliphatic rings. The van der Waals surface area contributed by atoms with Crippen LogP contribution in [0.4, 0.5) is 11.4 Å². The number of fused-ring (bicyclic) bond motifs is 1. The molecule has 4 rings (SSSR count). The van der Waals surface area contributed by atoms with E-state index in [9.17, 15) is 19.7 Å². The minimum absolute atomic E-state index is 0.0643. The molecule has 3 aromatic rings. The number of hydrogen-bond donors (Lipinski definition) is 2.